The van der Waals surface area contributed by atoms with Crippen LogP contribution in [-0.2, 0) is 0 Å². The molecule has 2 aromatic rings. The van der Waals surface area contributed by atoms with Crippen molar-refractivity contribution in [2.24, 2.45) is 0 Å². The van der Waals surface area contributed by atoms with Crippen LogP contribution in [-0.4, -0.2) is 13.0 Å². The predicted molar refractivity (Wildman–Crippen MR) is 80.7 cm³/mol. The SMILES string of the molecule is COc1ccc(Br)cc1NC(=O)c1ccc(Br)s1. The molecule has 0 spiro atoms. The molecule has 1 aromatic heterocycles. The van der Waals surface area contributed by atoms with Crippen molar-refractivity contribution in [2.45, 2.75) is 0 Å². The second-order valence-electron chi connectivity index (χ2n) is 3.40. The van der Waals surface area contributed by atoms with Gasteiger partial charge in [-0.25, -0.2) is 0 Å². The Balaban J connectivity index is 2.23. The minimum absolute atomic E-state index is 0.151. The van der Waals surface area contributed by atoms with Crippen LogP contribution in [0.3, 0.4) is 0 Å². The Morgan fingerprint density at radius 2 is 2.06 bits per heavy atom. The van der Waals surface area contributed by atoms with Gasteiger partial charge in [0.15, 0.2) is 0 Å². The summed E-state index contributed by atoms with van der Waals surface area (Å²) in [4.78, 5) is 12.7. The fourth-order valence-electron chi connectivity index (χ4n) is 1.40. The zero-order chi connectivity index (χ0) is 13.1. The summed E-state index contributed by atoms with van der Waals surface area (Å²) in [5.41, 5.74) is 0.640. The van der Waals surface area contributed by atoms with Gasteiger partial charge in [0.25, 0.3) is 5.91 Å². The van der Waals surface area contributed by atoms with Crippen molar-refractivity contribution in [1.29, 1.82) is 0 Å². The minimum Gasteiger partial charge on any atom is -0.495 e. The van der Waals surface area contributed by atoms with Crippen molar-refractivity contribution in [3.8, 4) is 5.75 Å². The van der Waals surface area contributed by atoms with Crippen LogP contribution in [0.25, 0.3) is 0 Å². The van der Waals surface area contributed by atoms with E-state index in [1.165, 1.54) is 11.3 Å². The second-order valence-corrected chi connectivity index (χ2v) is 6.78. The first-order valence-electron chi connectivity index (χ1n) is 5.00. The van der Waals surface area contributed by atoms with Crippen molar-refractivity contribution < 1.29 is 9.53 Å². The van der Waals surface area contributed by atoms with Crippen molar-refractivity contribution in [3.63, 3.8) is 0 Å². The summed E-state index contributed by atoms with van der Waals surface area (Å²) in [6, 6.07) is 9.08. The third kappa shape index (κ3) is 3.13. The molecule has 0 saturated carbocycles. The summed E-state index contributed by atoms with van der Waals surface area (Å²) in [7, 11) is 1.57. The Morgan fingerprint density at radius 1 is 1.28 bits per heavy atom. The van der Waals surface area contributed by atoms with Gasteiger partial charge in [0.05, 0.1) is 21.5 Å². The maximum absolute atomic E-state index is 12.0. The van der Waals surface area contributed by atoms with Crippen LogP contribution < -0.4 is 10.1 Å². The minimum atomic E-state index is -0.151. The van der Waals surface area contributed by atoms with E-state index in [1.807, 2.05) is 12.1 Å². The molecule has 0 aliphatic rings. The summed E-state index contributed by atoms with van der Waals surface area (Å²) >= 11 is 8.08. The molecule has 0 bridgehead atoms. The quantitative estimate of drug-likeness (QED) is 0.835. The number of halogens is 2. The van der Waals surface area contributed by atoms with Gasteiger partial charge in [0.2, 0.25) is 0 Å². The third-order valence-electron chi connectivity index (χ3n) is 2.21. The number of anilines is 1. The van der Waals surface area contributed by atoms with Gasteiger partial charge < -0.3 is 10.1 Å². The normalized spacial score (nSPS) is 10.2. The second kappa shape index (κ2) is 5.86. The first kappa shape index (κ1) is 13.6. The molecule has 0 aliphatic heterocycles. The van der Waals surface area contributed by atoms with Crippen molar-refractivity contribution >= 4 is 54.8 Å². The van der Waals surface area contributed by atoms with Crippen molar-refractivity contribution in [2.75, 3.05) is 12.4 Å². The largest absolute Gasteiger partial charge is 0.495 e. The molecule has 18 heavy (non-hydrogen) atoms. The fraction of sp³-hybridized carbons (Fsp3) is 0.0833. The van der Waals surface area contributed by atoms with E-state index in [-0.39, 0.29) is 5.91 Å². The van der Waals surface area contributed by atoms with Gasteiger partial charge in [-0.05, 0) is 46.3 Å². The Labute approximate surface area is 125 Å². The number of rotatable bonds is 3. The standard InChI is InChI=1S/C12H9Br2NO2S/c1-17-9-3-2-7(13)6-8(9)15-12(16)10-4-5-11(14)18-10/h2-6H,1H3,(H,15,16). The number of ether oxygens (including phenoxy) is 1. The Morgan fingerprint density at radius 3 is 2.67 bits per heavy atom. The van der Waals surface area contributed by atoms with Gasteiger partial charge in [-0.3, -0.25) is 4.79 Å². The highest BCUT2D eigenvalue weighted by atomic mass is 79.9. The smallest absolute Gasteiger partial charge is 0.265 e. The van der Waals surface area contributed by atoms with Crippen molar-refractivity contribution in [3.05, 3.63) is 43.5 Å². The van der Waals surface area contributed by atoms with Crippen LogP contribution >= 0.6 is 43.2 Å². The topological polar surface area (TPSA) is 38.3 Å². The molecule has 0 saturated heterocycles. The highest BCUT2D eigenvalue weighted by Crippen LogP contribution is 2.29. The van der Waals surface area contributed by atoms with E-state index in [0.29, 0.717) is 16.3 Å². The van der Waals surface area contributed by atoms with Gasteiger partial charge in [-0.1, -0.05) is 15.9 Å². The number of carbonyl (C=O) groups is 1. The van der Waals surface area contributed by atoms with Crippen LogP contribution in [0, 0.1) is 0 Å². The number of methoxy groups -OCH3 is 1. The summed E-state index contributed by atoms with van der Waals surface area (Å²) in [5, 5.41) is 2.83. The molecule has 0 fully saturated rings. The maximum Gasteiger partial charge on any atom is 0.265 e. The predicted octanol–water partition coefficient (Wildman–Crippen LogP) is 4.53. The summed E-state index contributed by atoms with van der Waals surface area (Å²) in [5.74, 6) is 0.476. The molecule has 0 aliphatic carbocycles. The fourth-order valence-corrected chi connectivity index (χ4v) is 3.04. The van der Waals surface area contributed by atoms with E-state index in [2.05, 4.69) is 37.2 Å². The monoisotopic (exact) mass is 389 g/mol. The number of carbonyl (C=O) groups excluding carboxylic acids is 1. The van der Waals surface area contributed by atoms with Crippen LogP contribution in [0.1, 0.15) is 9.67 Å². The molecule has 6 heteroatoms. The number of thiophene rings is 1. The van der Waals surface area contributed by atoms with E-state index >= 15 is 0 Å². The Kier molecular flexibility index (Phi) is 4.42. The summed E-state index contributed by atoms with van der Waals surface area (Å²) < 4.78 is 7.01. The maximum atomic E-state index is 12.0. The first-order chi connectivity index (χ1) is 8.60. The highest BCUT2D eigenvalue weighted by molar-refractivity contribution is 9.11. The molecule has 0 radical (unpaired) electrons. The number of nitrogens with one attached hydrogen (secondary N) is 1. The molecule has 1 heterocycles. The van der Waals surface area contributed by atoms with E-state index in [1.54, 1.807) is 25.3 Å². The lowest BCUT2D eigenvalue weighted by Crippen LogP contribution is -2.11. The van der Waals surface area contributed by atoms with Crippen LogP contribution in [0.5, 0.6) is 5.75 Å². The van der Waals surface area contributed by atoms with Gasteiger partial charge >= 0.3 is 0 Å². The average molecular weight is 391 g/mol. The molecule has 2 rings (SSSR count). The number of benzene rings is 1. The molecule has 0 unspecified atom stereocenters. The lowest BCUT2D eigenvalue weighted by molar-refractivity contribution is 0.103. The molecular formula is C12H9Br2NO2S. The van der Waals surface area contributed by atoms with E-state index in [4.69, 9.17) is 4.74 Å². The van der Waals surface area contributed by atoms with Crippen LogP contribution in [0.4, 0.5) is 5.69 Å². The van der Waals surface area contributed by atoms with Gasteiger partial charge in [-0.2, -0.15) is 0 Å². The van der Waals surface area contributed by atoms with Crippen LogP contribution in [0.15, 0.2) is 38.6 Å². The van der Waals surface area contributed by atoms with Crippen LogP contribution in [0.2, 0.25) is 0 Å². The molecule has 1 aromatic carbocycles. The van der Waals surface area contributed by atoms with E-state index in [9.17, 15) is 4.79 Å². The molecule has 1 N–H and O–H groups in total. The molecule has 3 nitrogen and oxygen atoms in total. The molecule has 1 amide bonds. The van der Waals surface area contributed by atoms with Gasteiger partial charge in [-0.15, -0.1) is 11.3 Å². The Bertz CT molecular complexity index is 583. The third-order valence-corrected chi connectivity index (χ3v) is 4.32. The molecule has 0 atom stereocenters. The summed E-state index contributed by atoms with van der Waals surface area (Å²) in [6.45, 7) is 0. The highest BCUT2D eigenvalue weighted by Gasteiger charge is 2.12. The van der Waals surface area contributed by atoms with Crippen molar-refractivity contribution in [1.82, 2.24) is 0 Å². The number of amides is 1. The zero-order valence-electron chi connectivity index (χ0n) is 9.37. The lowest BCUT2D eigenvalue weighted by atomic mass is 10.3. The number of hydrogen-bond donors (Lipinski definition) is 1. The average Bonchev–Trinajstić information content (AvgIpc) is 2.76. The zero-order valence-corrected chi connectivity index (χ0v) is 13.4. The number of hydrogen-bond acceptors (Lipinski definition) is 3. The van der Waals surface area contributed by atoms with E-state index in [0.717, 1.165) is 8.26 Å². The Hall–Kier alpha value is -0.850. The lowest BCUT2D eigenvalue weighted by Gasteiger charge is -2.09. The molecule has 94 valence electrons. The molecular weight excluding hydrogens is 382 g/mol. The van der Waals surface area contributed by atoms with Gasteiger partial charge in [0.1, 0.15) is 5.75 Å². The van der Waals surface area contributed by atoms with Gasteiger partial charge in [0, 0.05) is 4.47 Å². The first-order valence-corrected chi connectivity index (χ1v) is 7.40. The summed E-state index contributed by atoms with van der Waals surface area (Å²) in [6.07, 6.45) is 0. The van der Waals surface area contributed by atoms with E-state index < -0.39 is 0 Å².